The third kappa shape index (κ3) is 2.98. The van der Waals surface area contributed by atoms with Gasteiger partial charge in [0.1, 0.15) is 5.82 Å². The lowest BCUT2D eigenvalue weighted by Gasteiger charge is -2.10. The van der Waals surface area contributed by atoms with Crippen molar-refractivity contribution in [2.75, 3.05) is 5.32 Å². The molecule has 3 rings (SSSR count). The number of hydrogen-bond donors (Lipinski definition) is 1. The first-order chi connectivity index (χ1) is 11.4. The zero-order valence-corrected chi connectivity index (χ0v) is 13.8. The molecule has 0 aliphatic heterocycles. The van der Waals surface area contributed by atoms with Gasteiger partial charge < -0.3 is 5.32 Å². The maximum absolute atomic E-state index is 13.4. The molecular weight excluding hydrogens is 356 g/mol. The van der Waals surface area contributed by atoms with Crippen LogP contribution in [0.15, 0.2) is 41.2 Å². The molecule has 0 spiro atoms. The second-order valence-corrected chi connectivity index (χ2v) is 5.88. The van der Waals surface area contributed by atoms with Gasteiger partial charge in [0, 0.05) is 12.1 Å². The lowest BCUT2D eigenvalue weighted by Crippen LogP contribution is -2.26. The van der Waals surface area contributed by atoms with E-state index in [9.17, 15) is 14.0 Å². The van der Waals surface area contributed by atoms with Gasteiger partial charge >= 0.3 is 0 Å². The maximum atomic E-state index is 13.4. The number of benzene rings is 2. The van der Waals surface area contributed by atoms with Crippen molar-refractivity contribution in [3.05, 3.63) is 68.2 Å². The first-order valence-electron chi connectivity index (χ1n) is 6.80. The molecule has 24 heavy (non-hydrogen) atoms. The molecule has 0 aliphatic rings. The number of carbonyl (C=O) groups is 1. The van der Waals surface area contributed by atoms with Crippen molar-refractivity contribution >= 4 is 45.7 Å². The number of amides is 1. The predicted octanol–water partition coefficient (Wildman–Crippen LogP) is 3.63. The van der Waals surface area contributed by atoms with Crippen molar-refractivity contribution in [1.29, 1.82) is 0 Å². The fourth-order valence-electron chi connectivity index (χ4n) is 2.27. The summed E-state index contributed by atoms with van der Waals surface area (Å²) in [7, 11) is 1.56. The van der Waals surface area contributed by atoms with E-state index in [-0.39, 0.29) is 21.8 Å². The highest BCUT2D eigenvalue weighted by Gasteiger charge is 2.18. The average Bonchev–Trinajstić information content (AvgIpc) is 2.54. The second-order valence-electron chi connectivity index (χ2n) is 5.04. The summed E-state index contributed by atoms with van der Waals surface area (Å²) in [6.07, 6.45) is 0. The van der Waals surface area contributed by atoms with Gasteiger partial charge in [-0.25, -0.2) is 4.39 Å². The standard InChI is InChI=1S/C16H10Cl2FN3O2/c1-22-13-5-3-9(19)7-10(13)15(23)14(21-22)16(24)20-12-6-8(17)2-4-11(12)18/h2-7H,1H3,(H,20,24). The molecule has 1 aromatic heterocycles. The van der Waals surface area contributed by atoms with Crippen LogP contribution in [0.5, 0.6) is 0 Å². The molecule has 2 aromatic carbocycles. The fraction of sp³-hybridized carbons (Fsp3) is 0.0625. The van der Waals surface area contributed by atoms with Crippen LogP contribution in [-0.4, -0.2) is 15.7 Å². The summed E-state index contributed by atoms with van der Waals surface area (Å²) in [5.41, 5.74) is -0.374. The van der Waals surface area contributed by atoms with Gasteiger partial charge in [-0.15, -0.1) is 0 Å². The zero-order chi connectivity index (χ0) is 17.4. The molecule has 8 heteroatoms. The van der Waals surface area contributed by atoms with Gasteiger partial charge in [0.05, 0.1) is 21.6 Å². The Kier molecular flexibility index (Phi) is 4.26. The van der Waals surface area contributed by atoms with Crippen LogP contribution >= 0.6 is 23.2 Å². The van der Waals surface area contributed by atoms with Gasteiger partial charge in [0.25, 0.3) is 5.91 Å². The summed E-state index contributed by atoms with van der Waals surface area (Å²) in [5.74, 6) is -1.33. The summed E-state index contributed by atoms with van der Waals surface area (Å²) in [5, 5.41) is 7.16. The molecule has 1 N–H and O–H groups in total. The van der Waals surface area contributed by atoms with E-state index in [4.69, 9.17) is 23.2 Å². The van der Waals surface area contributed by atoms with E-state index in [2.05, 4.69) is 10.4 Å². The smallest absolute Gasteiger partial charge is 0.280 e. The van der Waals surface area contributed by atoms with E-state index in [1.807, 2.05) is 0 Å². The number of aryl methyl sites for hydroxylation is 1. The van der Waals surface area contributed by atoms with Crippen LogP contribution in [0.4, 0.5) is 10.1 Å². The first-order valence-corrected chi connectivity index (χ1v) is 7.55. The van der Waals surface area contributed by atoms with Crippen LogP contribution < -0.4 is 10.7 Å². The minimum atomic E-state index is -0.758. The molecule has 0 saturated heterocycles. The molecule has 0 unspecified atom stereocenters. The molecule has 5 nitrogen and oxygen atoms in total. The number of rotatable bonds is 2. The Balaban J connectivity index is 2.09. The van der Waals surface area contributed by atoms with Gasteiger partial charge in [-0.2, -0.15) is 5.10 Å². The highest BCUT2D eigenvalue weighted by Crippen LogP contribution is 2.25. The Morgan fingerprint density at radius 3 is 2.71 bits per heavy atom. The van der Waals surface area contributed by atoms with E-state index in [1.54, 1.807) is 13.1 Å². The Morgan fingerprint density at radius 1 is 1.21 bits per heavy atom. The molecule has 0 fully saturated rings. The van der Waals surface area contributed by atoms with Gasteiger partial charge in [0.15, 0.2) is 5.69 Å². The molecular formula is C16H10Cl2FN3O2. The molecule has 122 valence electrons. The van der Waals surface area contributed by atoms with E-state index in [0.29, 0.717) is 10.5 Å². The van der Waals surface area contributed by atoms with Crippen LogP contribution in [0.3, 0.4) is 0 Å². The van der Waals surface area contributed by atoms with Gasteiger partial charge in [-0.1, -0.05) is 23.2 Å². The van der Waals surface area contributed by atoms with Crippen LogP contribution in [0, 0.1) is 5.82 Å². The van der Waals surface area contributed by atoms with E-state index < -0.39 is 17.2 Å². The van der Waals surface area contributed by atoms with E-state index in [1.165, 1.54) is 28.9 Å². The minimum Gasteiger partial charge on any atom is -0.319 e. The molecule has 0 saturated carbocycles. The van der Waals surface area contributed by atoms with E-state index >= 15 is 0 Å². The molecule has 0 bridgehead atoms. The summed E-state index contributed by atoms with van der Waals surface area (Å²) in [6.45, 7) is 0. The normalized spacial score (nSPS) is 10.8. The van der Waals surface area contributed by atoms with Crippen molar-refractivity contribution < 1.29 is 9.18 Å². The van der Waals surface area contributed by atoms with Crippen LogP contribution in [0.1, 0.15) is 10.5 Å². The Bertz CT molecular complexity index is 1030. The molecule has 1 amide bonds. The fourth-order valence-corrected chi connectivity index (χ4v) is 2.61. The van der Waals surface area contributed by atoms with Gasteiger partial charge in [-0.05, 0) is 36.4 Å². The number of nitrogens with zero attached hydrogens (tertiary/aromatic N) is 2. The van der Waals surface area contributed by atoms with Crippen molar-refractivity contribution in [2.24, 2.45) is 7.05 Å². The molecule has 0 aliphatic carbocycles. The van der Waals surface area contributed by atoms with Crippen LogP contribution in [-0.2, 0) is 7.05 Å². The van der Waals surface area contributed by atoms with Crippen LogP contribution in [0.2, 0.25) is 10.0 Å². The number of hydrogen-bond acceptors (Lipinski definition) is 3. The number of aromatic nitrogens is 2. The number of fused-ring (bicyclic) bond motifs is 1. The van der Waals surface area contributed by atoms with Crippen LogP contribution in [0.25, 0.3) is 10.9 Å². The average molecular weight is 366 g/mol. The maximum Gasteiger partial charge on any atom is 0.280 e. The monoisotopic (exact) mass is 365 g/mol. The molecule has 0 radical (unpaired) electrons. The number of carbonyl (C=O) groups excluding carboxylic acids is 1. The summed E-state index contributed by atoms with van der Waals surface area (Å²) in [4.78, 5) is 24.9. The largest absolute Gasteiger partial charge is 0.319 e. The summed E-state index contributed by atoms with van der Waals surface area (Å²) < 4.78 is 14.8. The third-order valence-corrected chi connectivity index (χ3v) is 3.97. The highest BCUT2D eigenvalue weighted by atomic mass is 35.5. The summed E-state index contributed by atoms with van der Waals surface area (Å²) in [6, 6.07) is 8.25. The Labute approximate surface area is 145 Å². The highest BCUT2D eigenvalue weighted by molar-refractivity contribution is 6.35. The Hall–Kier alpha value is -2.44. The third-order valence-electron chi connectivity index (χ3n) is 3.41. The number of nitrogens with one attached hydrogen (secondary N) is 1. The van der Waals surface area contributed by atoms with Crippen molar-refractivity contribution in [3.8, 4) is 0 Å². The molecule has 3 aromatic rings. The van der Waals surface area contributed by atoms with Crippen molar-refractivity contribution in [2.45, 2.75) is 0 Å². The minimum absolute atomic E-state index is 0.0647. The second kappa shape index (κ2) is 6.22. The first kappa shape index (κ1) is 16.4. The number of anilines is 1. The number of halogens is 3. The topological polar surface area (TPSA) is 64.0 Å². The predicted molar refractivity (Wildman–Crippen MR) is 91.4 cm³/mol. The molecule has 0 atom stereocenters. The quantitative estimate of drug-likeness (QED) is 0.753. The van der Waals surface area contributed by atoms with Crippen molar-refractivity contribution in [1.82, 2.24) is 9.78 Å². The van der Waals surface area contributed by atoms with E-state index in [0.717, 1.165) is 6.07 Å². The molecule has 1 heterocycles. The van der Waals surface area contributed by atoms with Gasteiger partial charge in [0.2, 0.25) is 5.43 Å². The van der Waals surface area contributed by atoms with Crippen molar-refractivity contribution in [3.63, 3.8) is 0 Å². The summed E-state index contributed by atoms with van der Waals surface area (Å²) >= 11 is 11.9. The Morgan fingerprint density at radius 2 is 1.96 bits per heavy atom. The lowest BCUT2D eigenvalue weighted by atomic mass is 10.2. The zero-order valence-electron chi connectivity index (χ0n) is 12.3. The SMILES string of the molecule is Cn1nc(C(=O)Nc2cc(Cl)ccc2Cl)c(=O)c2cc(F)ccc21. The lowest BCUT2D eigenvalue weighted by molar-refractivity contribution is 0.101. The van der Waals surface area contributed by atoms with Gasteiger partial charge in [-0.3, -0.25) is 14.3 Å².